The highest BCUT2D eigenvalue weighted by atomic mass is 16.5. The second-order valence-electron chi connectivity index (χ2n) is 8.26. The van der Waals surface area contributed by atoms with E-state index in [-0.39, 0.29) is 6.04 Å². The Morgan fingerprint density at radius 2 is 1.94 bits per heavy atom. The molecule has 0 fully saturated rings. The molecule has 35 heavy (non-hydrogen) atoms. The van der Waals surface area contributed by atoms with Crippen molar-refractivity contribution in [2.45, 2.75) is 79.9 Å². The van der Waals surface area contributed by atoms with Gasteiger partial charge in [-0.25, -0.2) is 15.0 Å². The maximum absolute atomic E-state index is 10.4. The van der Waals surface area contributed by atoms with Gasteiger partial charge in [0.05, 0.1) is 36.3 Å². The van der Waals surface area contributed by atoms with Gasteiger partial charge >= 0.3 is 0 Å². The van der Waals surface area contributed by atoms with E-state index in [9.17, 15) is 5.11 Å². The zero-order valence-corrected chi connectivity index (χ0v) is 22.5. The highest BCUT2D eigenvalue weighted by Gasteiger charge is 2.21. The van der Waals surface area contributed by atoms with Crippen molar-refractivity contribution in [2.24, 2.45) is 5.10 Å². The van der Waals surface area contributed by atoms with E-state index in [1.165, 1.54) is 0 Å². The van der Waals surface area contributed by atoms with Crippen LogP contribution in [0.4, 0.5) is 5.69 Å². The predicted octanol–water partition coefficient (Wildman–Crippen LogP) is 6.82. The molecule has 2 heterocycles. The van der Waals surface area contributed by atoms with Gasteiger partial charge in [-0.2, -0.15) is 5.10 Å². The Hall–Kier alpha value is -3.19. The Balaban J connectivity index is 0.00000210. The summed E-state index contributed by atoms with van der Waals surface area (Å²) in [5.41, 5.74) is 5.93. The van der Waals surface area contributed by atoms with Gasteiger partial charge in [0.1, 0.15) is 11.3 Å². The Bertz CT molecular complexity index is 1150. The van der Waals surface area contributed by atoms with Crippen molar-refractivity contribution < 1.29 is 9.84 Å². The van der Waals surface area contributed by atoms with Gasteiger partial charge in [-0.15, -0.1) is 0 Å². The van der Waals surface area contributed by atoms with Crippen LogP contribution in [-0.4, -0.2) is 39.1 Å². The number of anilines is 1. The number of rotatable bonds is 10. The number of fused-ring (bicyclic) bond motifs is 1. The van der Waals surface area contributed by atoms with Crippen molar-refractivity contribution in [1.29, 1.82) is 0 Å². The summed E-state index contributed by atoms with van der Waals surface area (Å²) < 4.78 is 7.76. The molecule has 0 aliphatic carbocycles. The Kier molecular flexibility index (Phi) is 10.5. The van der Waals surface area contributed by atoms with Gasteiger partial charge in [-0.1, -0.05) is 40.7 Å². The second kappa shape index (κ2) is 13.0. The summed E-state index contributed by atoms with van der Waals surface area (Å²) in [6.07, 6.45) is 7.76. The van der Waals surface area contributed by atoms with E-state index in [4.69, 9.17) is 14.7 Å². The lowest BCUT2D eigenvalue weighted by Crippen LogP contribution is -2.20. The highest BCUT2D eigenvalue weighted by Crippen LogP contribution is 2.36. The number of aromatic nitrogens is 3. The molecule has 1 aromatic carbocycles. The molecule has 1 N–H and O–H groups in total. The largest absolute Gasteiger partial charge is 0.496 e. The van der Waals surface area contributed by atoms with Crippen molar-refractivity contribution in [3.63, 3.8) is 0 Å². The predicted molar refractivity (Wildman–Crippen MR) is 147 cm³/mol. The summed E-state index contributed by atoms with van der Waals surface area (Å²) in [5.74, 6) is 0.689. The normalized spacial score (nSPS) is 12.8. The standard InChI is InChI=1S/C26H35N5O2.C2H6/c1-8-11-14-27-31(10-3)20-12-13-21(23(15-20)33-7)25-18(5)28-26-24(29-25)17(4)16-30(26)19(6)22(32)9-2;1-2/h10,12-16,19,22,32H,3,8-9,11H2,1-2,4-7H3;1-2H3/b27-14-;. The van der Waals surface area contributed by atoms with Crippen molar-refractivity contribution in [1.82, 2.24) is 14.5 Å². The highest BCUT2D eigenvalue weighted by molar-refractivity contribution is 5.82. The maximum atomic E-state index is 10.4. The quantitative estimate of drug-likeness (QED) is 0.255. The number of hydrogen-bond donors (Lipinski definition) is 1. The molecule has 0 aliphatic rings. The lowest BCUT2D eigenvalue weighted by atomic mass is 10.1. The number of aryl methyl sites for hydroxylation is 2. The van der Waals surface area contributed by atoms with Crippen LogP contribution in [0.25, 0.3) is 22.4 Å². The third-order valence-electron chi connectivity index (χ3n) is 5.92. The third kappa shape index (κ3) is 6.09. The molecule has 0 aliphatic heterocycles. The zero-order valence-electron chi connectivity index (χ0n) is 22.5. The molecule has 190 valence electrons. The average molecular weight is 480 g/mol. The molecule has 0 radical (unpaired) electrons. The number of unbranched alkanes of at least 4 members (excludes halogenated alkanes) is 1. The number of hydrogen-bond acceptors (Lipinski definition) is 6. The average Bonchev–Trinajstić information content (AvgIpc) is 3.21. The van der Waals surface area contributed by atoms with Crippen molar-refractivity contribution >= 4 is 23.1 Å². The topological polar surface area (TPSA) is 75.8 Å². The second-order valence-corrected chi connectivity index (χ2v) is 8.26. The summed E-state index contributed by atoms with van der Waals surface area (Å²) in [4.78, 5) is 9.88. The minimum absolute atomic E-state index is 0.0854. The minimum Gasteiger partial charge on any atom is -0.496 e. The van der Waals surface area contributed by atoms with Crippen LogP contribution >= 0.6 is 0 Å². The first-order valence-electron chi connectivity index (χ1n) is 12.5. The van der Waals surface area contributed by atoms with E-state index in [1.807, 2.05) is 76.7 Å². The molecule has 2 atom stereocenters. The SMILES string of the molecule is C=CN(/N=C\CCC)c1ccc(-c2nc3c(C)cn(C(C)C(O)CC)c3nc2C)c(OC)c1.CC. The van der Waals surface area contributed by atoms with Crippen molar-refractivity contribution in [3.05, 3.63) is 48.4 Å². The summed E-state index contributed by atoms with van der Waals surface area (Å²) in [5, 5.41) is 16.6. The van der Waals surface area contributed by atoms with E-state index in [2.05, 4.69) is 18.6 Å². The number of aliphatic hydroxyl groups excluding tert-OH is 1. The number of methoxy groups -OCH3 is 1. The van der Waals surface area contributed by atoms with Gasteiger partial charge in [0, 0.05) is 30.2 Å². The molecular formula is C28H41N5O2. The fraction of sp³-hybridized carbons (Fsp3) is 0.464. The molecule has 0 saturated heterocycles. The molecule has 2 unspecified atom stereocenters. The summed E-state index contributed by atoms with van der Waals surface area (Å²) >= 11 is 0. The van der Waals surface area contributed by atoms with Crippen molar-refractivity contribution in [3.8, 4) is 17.0 Å². The fourth-order valence-corrected chi connectivity index (χ4v) is 3.89. The lowest BCUT2D eigenvalue weighted by molar-refractivity contribution is 0.118. The van der Waals surface area contributed by atoms with E-state index in [0.717, 1.165) is 52.2 Å². The van der Waals surface area contributed by atoms with Crippen LogP contribution in [0.3, 0.4) is 0 Å². The molecule has 0 amide bonds. The van der Waals surface area contributed by atoms with Crippen molar-refractivity contribution in [2.75, 3.05) is 12.1 Å². The van der Waals surface area contributed by atoms with Gasteiger partial charge in [0.2, 0.25) is 0 Å². The minimum atomic E-state index is -0.442. The van der Waals surface area contributed by atoms with E-state index in [0.29, 0.717) is 12.2 Å². The molecule has 3 rings (SSSR count). The molecule has 7 nitrogen and oxygen atoms in total. The molecule has 0 bridgehead atoms. The van der Waals surface area contributed by atoms with Gasteiger partial charge in [-0.3, -0.25) is 0 Å². The lowest BCUT2D eigenvalue weighted by Gasteiger charge is -2.20. The van der Waals surface area contributed by atoms with Crippen LogP contribution in [0.15, 0.2) is 42.3 Å². The van der Waals surface area contributed by atoms with Crippen LogP contribution in [-0.2, 0) is 0 Å². The number of hydrazone groups is 1. The smallest absolute Gasteiger partial charge is 0.159 e. The van der Waals surface area contributed by atoms with Crippen LogP contribution < -0.4 is 9.75 Å². The summed E-state index contributed by atoms with van der Waals surface area (Å²) in [6, 6.07) is 5.81. The molecule has 0 spiro atoms. The summed E-state index contributed by atoms with van der Waals surface area (Å²) in [6.45, 7) is 18.0. The van der Waals surface area contributed by atoms with E-state index in [1.54, 1.807) is 18.3 Å². The number of nitrogens with zero attached hydrogens (tertiary/aromatic N) is 5. The molecule has 2 aromatic heterocycles. The van der Waals surface area contributed by atoms with Crippen LogP contribution in [0.5, 0.6) is 5.75 Å². The number of ether oxygens (including phenoxy) is 1. The maximum Gasteiger partial charge on any atom is 0.159 e. The number of aliphatic hydroxyl groups is 1. The molecule has 7 heteroatoms. The first kappa shape index (κ1) is 28.1. The van der Waals surface area contributed by atoms with Gasteiger partial charge in [0.25, 0.3) is 0 Å². The first-order chi connectivity index (χ1) is 16.9. The van der Waals surface area contributed by atoms with Crippen LogP contribution in [0, 0.1) is 13.8 Å². The fourth-order valence-electron chi connectivity index (χ4n) is 3.89. The zero-order chi connectivity index (χ0) is 26.1. The van der Waals surface area contributed by atoms with Gasteiger partial charge in [0.15, 0.2) is 5.65 Å². The van der Waals surface area contributed by atoms with E-state index < -0.39 is 6.10 Å². The Labute approximate surface area is 210 Å². The van der Waals surface area contributed by atoms with Gasteiger partial charge < -0.3 is 14.4 Å². The van der Waals surface area contributed by atoms with Gasteiger partial charge in [-0.05, 0) is 51.3 Å². The number of benzene rings is 1. The van der Waals surface area contributed by atoms with Crippen LogP contribution in [0.2, 0.25) is 0 Å². The van der Waals surface area contributed by atoms with E-state index >= 15 is 0 Å². The molecule has 0 saturated carbocycles. The Morgan fingerprint density at radius 1 is 1.23 bits per heavy atom. The Morgan fingerprint density at radius 3 is 2.54 bits per heavy atom. The monoisotopic (exact) mass is 479 g/mol. The third-order valence-corrected chi connectivity index (χ3v) is 5.92. The van der Waals surface area contributed by atoms with Crippen LogP contribution in [0.1, 0.15) is 71.2 Å². The first-order valence-corrected chi connectivity index (χ1v) is 12.5. The summed E-state index contributed by atoms with van der Waals surface area (Å²) in [7, 11) is 1.65. The molecular weight excluding hydrogens is 438 g/mol. The molecule has 3 aromatic rings.